The number of aromatic nitrogens is 2. The van der Waals surface area contributed by atoms with Crippen molar-refractivity contribution in [2.45, 2.75) is 39.0 Å². The third-order valence-corrected chi connectivity index (χ3v) is 3.63. The lowest BCUT2D eigenvalue weighted by atomic mass is 9.83. The first-order chi connectivity index (χ1) is 7.20. The second kappa shape index (κ2) is 4.67. The molecular formula is C11H14Cl2N2. The molecule has 1 saturated carbocycles. The largest absolute Gasteiger partial charge is 0.221 e. The maximum atomic E-state index is 6.04. The lowest BCUT2D eigenvalue weighted by Gasteiger charge is -2.24. The van der Waals surface area contributed by atoms with Crippen molar-refractivity contribution < 1.29 is 0 Å². The smallest absolute Gasteiger partial charge is 0.137 e. The molecule has 0 aromatic carbocycles. The summed E-state index contributed by atoms with van der Waals surface area (Å²) < 4.78 is 0. The van der Waals surface area contributed by atoms with Crippen molar-refractivity contribution in [2.24, 2.45) is 5.92 Å². The Morgan fingerprint density at radius 3 is 2.20 bits per heavy atom. The van der Waals surface area contributed by atoms with Gasteiger partial charge < -0.3 is 0 Å². The van der Waals surface area contributed by atoms with Gasteiger partial charge >= 0.3 is 0 Å². The summed E-state index contributed by atoms with van der Waals surface area (Å²) in [7, 11) is 0. The van der Waals surface area contributed by atoms with E-state index in [1.807, 2.05) is 6.92 Å². The molecule has 0 unspecified atom stereocenters. The molecular weight excluding hydrogens is 231 g/mol. The Morgan fingerprint density at radius 1 is 1.20 bits per heavy atom. The summed E-state index contributed by atoms with van der Waals surface area (Å²) in [5, 5.41) is 1.04. The highest BCUT2D eigenvalue weighted by molar-refractivity contribution is 6.34. The van der Waals surface area contributed by atoms with Crippen LogP contribution in [0.4, 0.5) is 0 Å². The van der Waals surface area contributed by atoms with Crippen molar-refractivity contribution in [1.29, 1.82) is 0 Å². The first kappa shape index (κ1) is 11.2. The van der Waals surface area contributed by atoms with Crippen molar-refractivity contribution in [3.8, 4) is 0 Å². The zero-order valence-corrected chi connectivity index (χ0v) is 10.3. The van der Waals surface area contributed by atoms with Crippen molar-refractivity contribution in [3.05, 3.63) is 21.7 Å². The van der Waals surface area contributed by atoms with Crippen LogP contribution in [-0.2, 0) is 12.8 Å². The van der Waals surface area contributed by atoms with E-state index in [-0.39, 0.29) is 0 Å². The zero-order valence-electron chi connectivity index (χ0n) is 8.76. The average Bonchev–Trinajstić information content (AvgIpc) is 2.11. The predicted molar refractivity (Wildman–Crippen MR) is 62.5 cm³/mol. The highest BCUT2D eigenvalue weighted by Gasteiger charge is 2.20. The Kier molecular flexibility index (Phi) is 3.47. The van der Waals surface area contributed by atoms with E-state index < -0.39 is 0 Å². The van der Waals surface area contributed by atoms with E-state index in [1.165, 1.54) is 19.3 Å². The van der Waals surface area contributed by atoms with Crippen LogP contribution in [0.25, 0.3) is 0 Å². The van der Waals surface area contributed by atoms with E-state index in [1.54, 1.807) is 0 Å². The Bertz CT molecular complexity index is 339. The van der Waals surface area contributed by atoms with Gasteiger partial charge in [-0.05, 0) is 12.3 Å². The molecule has 0 N–H and O–H groups in total. The second-order valence-corrected chi connectivity index (χ2v) is 4.77. The maximum Gasteiger partial charge on any atom is 0.137 e. The quantitative estimate of drug-likeness (QED) is 0.759. The molecule has 0 aliphatic heterocycles. The monoisotopic (exact) mass is 244 g/mol. The number of hydrogen-bond acceptors (Lipinski definition) is 2. The van der Waals surface area contributed by atoms with Gasteiger partial charge in [0.05, 0.1) is 0 Å². The van der Waals surface area contributed by atoms with Crippen LogP contribution in [0.2, 0.25) is 10.3 Å². The summed E-state index contributed by atoms with van der Waals surface area (Å²) in [5.41, 5.74) is 0.857. The Labute approximate surface area is 100 Å². The van der Waals surface area contributed by atoms with Crippen molar-refractivity contribution in [1.82, 2.24) is 9.97 Å². The average molecular weight is 245 g/mol. The van der Waals surface area contributed by atoms with Gasteiger partial charge in [0.15, 0.2) is 0 Å². The molecule has 0 atom stereocenters. The molecule has 0 saturated heterocycles. The van der Waals surface area contributed by atoms with Gasteiger partial charge in [0.25, 0.3) is 0 Å². The van der Waals surface area contributed by atoms with E-state index in [0.29, 0.717) is 10.3 Å². The van der Waals surface area contributed by atoms with Crippen LogP contribution in [-0.4, -0.2) is 9.97 Å². The topological polar surface area (TPSA) is 25.8 Å². The number of hydrogen-bond donors (Lipinski definition) is 0. The van der Waals surface area contributed by atoms with Crippen LogP contribution in [0, 0.1) is 5.92 Å². The molecule has 0 radical (unpaired) electrons. The molecule has 1 aliphatic carbocycles. The van der Waals surface area contributed by atoms with Crippen LogP contribution >= 0.6 is 23.2 Å². The highest BCUT2D eigenvalue weighted by atomic mass is 35.5. The SMILES string of the molecule is CCc1c(Cl)nc(CC2CCC2)nc1Cl. The van der Waals surface area contributed by atoms with Gasteiger partial charge in [-0.15, -0.1) is 0 Å². The van der Waals surface area contributed by atoms with Gasteiger partial charge in [-0.1, -0.05) is 49.4 Å². The molecule has 82 valence electrons. The molecule has 1 aromatic heterocycles. The van der Waals surface area contributed by atoms with Crippen LogP contribution < -0.4 is 0 Å². The summed E-state index contributed by atoms with van der Waals surface area (Å²) in [5.74, 6) is 1.54. The highest BCUT2D eigenvalue weighted by Crippen LogP contribution is 2.30. The molecule has 0 spiro atoms. The predicted octanol–water partition coefficient (Wildman–Crippen LogP) is 3.69. The molecule has 1 fully saturated rings. The Balaban J connectivity index is 2.18. The van der Waals surface area contributed by atoms with Gasteiger partial charge in [0, 0.05) is 12.0 Å². The molecule has 1 aliphatic rings. The molecule has 2 nitrogen and oxygen atoms in total. The first-order valence-corrected chi connectivity index (χ1v) is 6.17. The summed E-state index contributed by atoms with van der Waals surface area (Å²) in [6, 6.07) is 0. The molecule has 1 heterocycles. The van der Waals surface area contributed by atoms with Crippen molar-refractivity contribution >= 4 is 23.2 Å². The molecule has 2 rings (SSSR count). The normalized spacial score (nSPS) is 16.5. The van der Waals surface area contributed by atoms with Crippen LogP contribution in [0.3, 0.4) is 0 Å². The fourth-order valence-electron chi connectivity index (χ4n) is 1.81. The molecule has 4 heteroatoms. The van der Waals surface area contributed by atoms with E-state index >= 15 is 0 Å². The molecule has 15 heavy (non-hydrogen) atoms. The third kappa shape index (κ3) is 2.43. The van der Waals surface area contributed by atoms with Gasteiger partial charge in [0.1, 0.15) is 16.1 Å². The zero-order chi connectivity index (χ0) is 10.8. The third-order valence-electron chi connectivity index (χ3n) is 3.00. The minimum absolute atomic E-state index is 0.520. The fraction of sp³-hybridized carbons (Fsp3) is 0.636. The van der Waals surface area contributed by atoms with E-state index in [9.17, 15) is 0 Å². The number of halogens is 2. The summed E-state index contributed by atoms with van der Waals surface area (Å²) in [6.45, 7) is 2.00. The molecule has 1 aromatic rings. The van der Waals surface area contributed by atoms with Crippen LogP contribution in [0.1, 0.15) is 37.6 Å². The van der Waals surface area contributed by atoms with E-state index in [4.69, 9.17) is 23.2 Å². The summed E-state index contributed by atoms with van der Waals surface area (Å²) in [4.78, 5) is 8.59. The minimum Gasteiger partial charge on any atom is -0.221 e. The van der Waals surface area contributed by atoms with Crippen LogP contribution in [0.5, 0.6) is 0 Å². The molecule has 0 amide bonds. The Hall–Kier alpha value is -0.340. The van der Waals surface area contributed by atoms with Gasteiger partial charge in [-0.2, -0.15) is 0 Å². The standard InChI is InChI=1S/C11H14Cl2N2/c1-2-8-10(12)14-9(15-11(8)13)6-7-4-3-5-7/h7H,2-6H2,1H3. The van der Waals surface area contributed by atoms with Crippen molar-refractivity contribution in [3.63, 3.8) is 0 Å². The molecule has 0 bridgehead atoms. The number of nitrogens with zero attached hydrogens (tertiary/aromatic N) is 2. The van der Waals surface area contributed by atoms with Crippen molar-refractivity contribution in [2.75, 3.05) is 0 Å². The number of rotatable bonds is 3. The lowest BCUT2D eigenvalue weighted by molar-refractivity contribution is 0.309. The fourth-order valence-corrected chi connectivity index (χ4v) is 2.50. The van der Waals surface area contributed by atoms with E-state index in [2.05, 4.69) is 9.97 Å². The van der Waals surface area contributed by atoms with Gasteiger partial charge in [-0.3, -0.25) is 0 Å². The first-order valence-electron chi connectivity index (χ1n) is 5.41. The maximum absolute atomic E-state index is 6.04. The minimum atomic E-state index is 0.520. The van der Waals surface area contributed by atoms with Crippen LogP contribution in [0.15, 0.2) is 0 Å². The lowest BCUT2D eigenvalue weighted by Crippen LogP contribution is -2.16. The van der Waals surface area contributed by atoms with Gasteiger partial charge in [0.2, 0.25) is 0 Å². The Morgan fingerprint density at radius 2 is 1.80 bits per heavy atom. The second-order valence-electron chi connectivity index (χ2n) is 4.05. The van der Waals surface area contributed by atoms with Gasteiger partial charge in [-0.25, -0.2) is 9.97 Å². The van der Waals surface area contributed by atoms with E-state index in [0.717, 1.165) is 30.1 Å². The summed E-state index contributed by atoms with van der Waals surface area (Å²) in [6.07, 6.45) is 5.60. The summed E-state index contributed by atoms with van der Waals surface area (Å²) >= 11 is 12.1.